The van der Waals surface area contributed by atoms with Crippen LogP contribution in [0.1, 0.15) is 59.9 Å². The summed E-state index contributed by atoms with van der Waals surface area (Å²) in [7, 11) is 0. The van der Waals surface area contributed by atoms with Crippen molar-refractivity contribution in [1.82, 2.24) is 20.9 Å². The van der Waals surface area contributed by atoms with Gasteiger partial charge in [0.2, 0.25) is 17.7 Å². The monoisotopic (exact) mass is 529 g/mol. The second-order valence-electron chi connectivity index (χ2n) is 11.1. The molecule has 10 heteroatoms. The minimum absolute atomic E-state index is 0.0746. The van der Waals surface area contributed by atoms with Crippen molar-refractivity contribution in [2.45, 2.75) is 85.0 Å². The molecule has 0 saturated carbocycles. The van der Waals surface area contributed by atoms with E-state index in [2.05, 4.69) is 20.9 Å². The van der Waals surface area contributed by atoms with E-state index in [-0.39, 0.29) is 24.2 Å². The number of hydrogen-bond donors (Lipinski definition) is 6. The minimum Gasteiger partial charge on any atom is -0.480 e. The third kappa shape index (κ3) is 8.86. The van der Waals surface area contributed by atoms with Crippen LogP contribution in [0.3, 0.4) is 0 Å². The molecule has 0 bridgehead atoms. The molecule has 10 nitrogen and oxygen atoms in total. The van der Waals surface area contributed by atoms with Gasteiger partial charge in [0.15, 0.2) is 0 Å². The van der Waals surface area contributed by atoms with Gasteiger partial charge in [-0.3, -0.25) is 14.4 Å². The highest BCUT2D eigenvalue weighted by Gasteiger charge is 2.32. The van der Waals surface area contributed by atoms with Crippen molar-refractivity contribution in [2.75, 3.05) is 0 Å². The second-order valence-corrected chi connectivity index (χ2v) is 11.1. The Hall–Kier alpha value is -3.40. The van der Waals surface area contributed by atoms with Crippen molar-refractivity contribution in [1.29, 1.82) is 0 Å². The van der Waals surface area contributed by atoms with Gasteiger partial charge in [-0.1, -0.05) is 59.7 Å². The third-order valence-electron chi connectivity index (χ3n) is 6.36. The van der Waals surface area contributed by atoms with Gasteiger partial charge in [-0.25, -0.2) is 4.79 Å². The molecule has 4 unspecified atom stereocenters. The van der Waals surface area contributed by atoms with Gasteiger partial charge in [0.1, 0.15) is 18.1 Å². The van der Waals surface area contributed by atoms with Gasteiger partial charge in [0.05, 0.1) is 6.04 Å². The molecule has 1 aromatic carbocycles. The number of nitrogens with one attached hydrogen (secondary N) is 4. The lowest BCUT2D eigenvalue weighted by molar-refractivity contribution is -0.143. The predicted molar refractivity (Wildman–Crippen MR) is 147 cm³/mol. The van der Waals surface area contributed by atoms with Crippen molar-refractivity contribution in [3.05, 3.63) is 36.0 Å². The fourth-order valence-electron chi connectivity index (χ4n) is 4.37. The fourth-order valence-corrected chi connectivity index (χ4v) is 4.37. The number of aliphatic carboxylic acids is 1. The molecule has 4 atom stereocenters. The van der Waals surface area contributed by atoms with E-state index in [9.17, 15) is 24.3 Å². The van der Waals surface area contributed by atoms with Crippen LogP contribution in [0.4, 0.5) is 0 Å². The maximum absolute atomic E-state index is 13.4. The molecule has 0 spiro atoms. The molecule has 0 fully saturated rings. The van der Waals surface area contributed by atoms with Crippen LogP contribution in [0.25, 0.3) is 10.9 Å². The Labute approximate surface area is 224 Å². The number of hydrogen-bond acceptors (Lipinski definition) is 5. The molecule has 7 N–H and O–H groups in total. The minimum atomic E-state index is -1.16. The number of benzene rings is 1. The number of nitrogens with two attached hydrogens (primary N) is 1. The van der Waals surface area contributed by atoms with E-state index < -0.39 is 47.9 Å². The quantitative estimate of drug-likeness (QED) is 0.220. The number of aromatic nitrogens is 1. The van der Waals surface area contributed by atoms with Crippen LogP contribution < -0.4 is 21.7 Å². The summed E-state index contributed by atoms with van der Waals surface area (Å²) < 4.78 is 0. The van der Waals surface area contributed by atoms with Crippen molar-refractivity contribution in [3.63, 3.8) is 0 Å². The fraction of sp³-hybridized carbons (Fsp3) is 0.571. The van der Waals surface area contributed by atoms with E-state index in [0.717, 1.165) is 16.5 Å². The van der Waals surface area contributed by atoms with Crippen molar-refractivity contribution >= 4 is 34.6 Å². The maximum atomic E-state index is 13.4. The zero-order valence-electron chi connectivity index (χ0n) is 23.2. The number of aromatic amines is 1. The summed E-state index contributed by atoms with van der Waals surface area (Å²) in [4.78, 5) is 54.4. The van der Waals surface area contributed by atoms with Gasteiger partial charge < -0.3 is 31.8 Å². The summed E-state index contributed by atoms with van der Waals surface area (Å²) >= 11 is 0. The van der Waals surface area contributed by atoms with E-state index in [1.165, 1.54) is 0 Å². The highest BCUT2D eigenvalue weighted by molar-refractivity contribution is 5.95. The van der Waals surface area contributed by atoms with Crippen LogP contribution >= 0.6 is 0 Å². The predicted octanol–water partition coefficient (Wildman–Crippen LogP) is 2.32. The summed E-state index contributed by atoms with van der Waals surface area (Å²) in [6.07, 6.45) is 2.71. The van der Waals surface area contributed by atoms with Crippen LogP contribution in [0.2, 0.25) is 0 Å². The van der Waals surface area contributed by atoms with E-state index >= 15 is 0 Å². The average Bonchev–Trinajstić information content (AvgIpc) is 3.23. The lowest BCUT2D eigenvalue weighted by Gasteiger charge is -2.27. The lowest BCUT2D eigenvalue weighted by Crippen LogP contribution is -2.58. The average molecular weight is 530 g/mol. The first-order valence-corrected chi connectivity index (χ1v) is 13.2. The Morgan fingerprint density at radius 3 is 2.00 bits per heavy atom. The first-order chi connectivity index (χ1) is 17.8. The van der Waals surface area contributed by atoms with Crippen molar-refractivity contribution in [3.8, 4) is 0 Å². The highest BCUT2D eigenvalue weighted by atomic mass is 16.4. The van der Waals surface area contributed by atoms with E-state index in [4.69, 9.17) is 5.73 Å². The molecule has 0 aliphatic rings. The largest absolute Gasteiger partial charge is 0.480 e. The van der Waals surface area contributed by atoms with Gasteiger partial charge in [-0.05, 0) is 42.2 Å². The number of carbonyl (C=O) groups is 4. The molecule has 38 heavy (non-hydrogen) atoms. The molecular formula is C28H43N5O5. The molecule has 1 aromatic heterocycles. The molecule has 0 radical (unpaired) electrons. The van der Waals surface area contributed by atoms with Crippen molar-refractivity contribution < 1.29 is 24.3 Å². The van der Waals surface area contributed by atoms with Crippen LogP contribution in [-0.4, -0.2) is 57.9 Å². The number of amides is 3. The number of fused-ring (bicyclic) bond motifs is 1. The molecular weight excluding hydrogens is 486 g/mol. The third-order valence-corrected chi connectivity index (χ3v) is 6.36. The molecule has 2 aromatic rings. The number of carboxylic acid groups (broad SMARTS) is 1. The Balaban J connectivity index is 2.32. The van der Waals surface area contributed by atoms with Crippen molar-refractivity contribution in [2.24, 2.45) is 23.5 Å². The van der Waals surface area contributed by atoms with Gasteiger partial charge in [-0.2, -0.15) is 0 Å². The van der Waals surface area contributed by atoms with Crippen LogP contribution in [0, 0.1) is 17.8 Å². The number of para-hydroxylation sites is 1. The second kappa shape index (κ2) is 13.9. The van der Waals surface area contributed by atoms with Crippen LogP contribution in [0.15, 0.2) is 30.5 Å². The van der Waals surface area contributed by atoms with E-state index in [1.807, 2.05) is 52.0 Å². The summed E-state index contributed by atoms with van der Waals surface area (Å²) in [5.74, 6) is -2.81. The zero-order valence-corrected chi connectivity index (χ0v) is 23.2. The number of carboxylic acids is 1. The van der Waals surface area contributed by atoms with Gasteiger partial charge in [0, 0.05) is 23.5 Å². The number of carbonyl (C=O) groups excluding carboxylic acids is 3. The highest BCUT2D eigenvalue weighted by Crippen LogP contribution is 2.20. The smallest absolute Gasteiger partial charge is 0.326 e. The summed E-state index contributed by atoms with van der Waals surface area (Å²) in [5.41, 5.74) is 7.70. The Kier molecular flexibility index (Phi) is 11.3. The lowest BCUT2D eigenvalue weighted by atomic mass is 9.99. The zero-order chi connectivity index (χ0) is 28.6. The van der Waals surface area contributed by atoms with E-state index in [1.54, 1.807) is 20.0 Å². The molecule has 210 valence electrons. The normalized spacial score (nSPS) is 14.8. The van der Waals surface area contributed by atoms with Crippen LogP contribution in [0.5, 0.6) is 0 Å². The molecule has 0 aliphatic carbocycles. The van der Waals surface area contributed by atoms with Gasteiger partial charge in [0.25, 0.3) is 0 Å². The first kappa shape index (κ1) is 30.8. The molecule has 3 amide bonds. The number of H-pyrrole nitrogens is 1. The Bertz CT molecular complexity index is 1110. The summed E-state index contributed by atoms with van der Waals surface area (Å²) in [6.45, 7) is 11.2. The molecule has 0 aliphatic heterocycles. The van der Waals surface area contributed by atoms with Gasteiger partial charge in [-0.15, -0.1) is 0 Å². The first-order valence-electron chi connectivity index (χ1n) is 13.2. The Morgan fingerprint density at radius 1 is 0.842 bits per heavy atom. The Morgan fingerprint density at radius 2 is 1.42 bits per heavy atom. The van der Waals surface area contributed by atoms with Gasteiger partial charge >= 0.3 is 5.97 Å². The molecule has 0 saturated heterocycles. The summed E-state index contributed by atoms with van der Waals surface area (Å²) in [6, 6.07) is 3.72. The molecule has 1 heterocycles. The van der Waals surface area contributed by atoms with Crippen LogP contribution in [-0.2, 0) is 25.6 Å². The topological polar surface area (TPSA) is 166 Å². The number of rotatable bonds is 14. The SMILES string of the molecule is CC(C)CC(N)C(=O)NC(CC(C)C)C(=O)NC(Cc1c[nH]c2ccccc12)C(=O)NC(C(=O)O)C(C)C. The summed E-state index contributed by atoms with van der Waals surface area (Å²) in [5, 5.41) is 18.6. The maximum Gasteiger partial charge on any atom is 0.326 e. The van der Waals surface area contributed by atoms with E-state index in [0.29, 0.717) is 12.8 Å². The standard InChI is InChI=1S/C28H43N5O5/c1-15(2)11-20(29)25(34)31-22(12-16(3)4)26(35)32-23(27(36)33-24(17(5)6)28(37)38)13-18-14-30-21-10-8-7-9-19(18)21/h7-10,14-17,20,22-24,30H,11-13,29H2,1-6H3,(H,31,34)(H,32,35)(H,33,36)(H,37,38). The molecule has 2 rings (SSSR count).